The molecule has 0 radical (unpaired) electrons. The quantitative estimate of drug-likeness (QED) is 0.481. The number of likely N-dealkylation sites (N-methyl/N-ethyl adjacent to an activating group) is 1. The van der Waals surface area contributed by atoms with Gasteiger partial charge in [-0.1, -0.05) is 11.8 Å². The molecular weight excluding hydrogens is 324 g/mol. The maximum Gasteiger partial charge on any atom is 0.305 e. The molecule has 0 unspecified atom stereocenters. The minimum atomic E-state index is -0.776. The van der Waals surface area contributed by atoms with Crippen molar-refractivity contribution < 1.29 is 28.7 Å². The Labute approximate surface area is 140 Å². The minimum Gasteiger partial charge on any atom is -0.469 e. The van der Waals surface area contributed by atoms with Gasteiger partial charge >= 0.3 is 5.97 Å². The average Bonchev–Trinajstić information content (AvgIpc) is 2.51. The summed E-state index contributed by atoms with van der Waals surface area (Å²) in [6.07, 6.45) is 0.330. The molecule has 0 saturated carbocycles. The predicted octanol–water partition coefficient (Wildman–Crippen LogP) is -0.492. The van der Waals surface area contributed by atoms with Gasteiger partial charge in [-0.15, -0.1) is 0 Å². The van der Waals surface area contributed by atoms with Gasteiger partial charge in [0.05, 0.1) is 19.2 Å². The van der Waals surface area contributed by atoms with E-state index in [0.717, 1.165) is 11.8 Å². The van der Waals surface area contributed by atoms with Crippen molar-refractivity contribution in [3.8, 4) is 0 Å². The Hall–Kier alpha value is -1.45. The number of carbonyl (C=O) groups excluding carboxylic acids is 4. The van der Waals surface area contributed by atoms with E-state index in [1.807, 2.05) is 0 Å². The second-order valence-corrected chi connectivity index (χ2v) is 5.82. The van der Waals surface area contributed by atoms with E-state index in [1.165, 1.54) is 21.1 Å². The van der Waals surface area contributed by atoms with Crippen LogP contribution in [0.15, 0.2) is 0 Å². The van der Waals surface area contributed by atoms with E-state index in [0.29, 0.717) is 0 Å². The number of ether oxygens (including phenoxy) is 2. The van der Waals surface area contributed by atoms with Gasteiger partial charge in [0.1, 0.15) is 6.61 Å². The maximum absolute atomic E-state index is 12.2. The lowest BCUT2D eigenvalue weighted by Gasteiger charge is -2.20. The third kappa shape index (κ3) is 9.32. The van der Waals surface area contributed by atoms with Gasteiger partial charge < -0.3 is 20.1 Å². The van der Waals surface area contributed by atoms with Crippen LogP contribution >= 0.6 is 11.8 Å². The molecule has 0 aliphatic carbocycles. The number of methoxy groups -OCH3 is 2. The summed E-state index contributed by atoms with van der Waals surface area (Å²) in [5.74, 6) is -0.936. The topological polar surface area (TPSA) is 111 Å². The Balaban J connectivity index is 4.53. The number of rotatable bonds is 11. The number of esters is 1. The predicted molar refractivity (Wildman–Crippen MR) is 86.1 cm³/mol. The number of hydrogen-bond acceptors (Lipinski definition) is 8. The van der Waals surface area contributed by atoms with Crippen LogP contribution in [0.25, 0.3) is 0 Å². The molecule has 2 atom stereocenters. The Kier molecular flexibility index (Phi) is 11.3. The largest absolute Gasteiger partial charge is 0.469 e. The lowest BCUT2D eigenvalue weighted by molar-refractivity contribution is -0.141. The molecule has 0 aromatic heterocycles. The van der Waals surface area contributed by atoms with Crippen LogP contribution in [0, 0.1) is 0 Å². The summed E-state index contributed by atoms with van der Waals surface area (Å²) in [5.41, 5.74) is 0. The molecule has 0 fully saturated rings. The van der Waals surface area contributed by atoms with Crippen molar-refractivity contribution in [3.05, 3.63) is 0 Å². The number of ketones is 1. The zero-order valence-electron chi connectivity index (χ0n) is 13.8. The summed E-state index contributed by atoms with van der Waals surface area (Å²) in [6.45, 7) is 1.29. The highest BCUT2D eigenvalue weighted by Crippen LogP contribution is 2.07. The van der Waals surface area contributed by atoms with E-state index in [1.54, 1.807) is 7.05 Å². The van der Waals surface area contributed by atoms with Gasteiger partial charge in [-0.25, -0.2) is 0 Å². The highest BCUT2D eigenvalue weighted by atomic mass is 32.2. The number of thioether (sulfide) groups is 1. The standard InChI is InChI=1S/C14H24N2O6S/c1-9(17)11(8-23-13(19)7-21-3)16-14(20)10(15-2)5-6-12(18)22-4/h10-11,15H,5-8H2,1-4H3,(H,16,20)/t10-,11-/m0/s1. The van der Waals surface area contributed by atoms with Crippen LogP contribution in [-0.4, -0.2) is 68.5 Å². The number of hydrogen-bond donors (Lipinski definition) is 2. The molecule has 0 aromatic rings. The van der Waals surface area contributed by atoms with Crippen molar-refractivity contribution in [1.82, 2.24) is 10.6 Å². The number of nitrogens with one attached hydrogen (secondary N) is 2. The van der Waals surface area contributed by atoms with Crippen molar-refractivity contribution in [2.75, 3.05) is 33.6 Å². The Morgan fingerprint density at radius 3 is 2.26 bits per heavy atom. The maximum atomic E-state index is 12.2. The molecular formula is C14H24N2O6S. The van der Waals surface area contributed by atoms with Crippen LogP contribution in [0.4, 0.5) is 0 Å². The summed E-state index contributed by atoms with van der Waals surface area (Å²) in [4.78, 5) is 46.3. The van der Waals surface area contributed by atoms with E-state index in [2.05, 4.69) is 15.4 Å². The molecule has 9 heteroatoms. The highest BCUT2D eigenvalue weighted by molar-refractivity contribution is 8.13. The molecule has 0 aliphatic rings. The average molecular weight is 348 g/mol. The Morgan fingerprint density at radius 2 is 1.78 bits per heavy atom. The molecule has 0 aliphatic heterocycles. The van der Waals surface area contributed by atoms with Crippen LogP contribution in [0.3, 0.4) is 0 Å². The van der Waals surface area contributed by atoms with Crippen LogP contribution in [0.1, 0.15) is 19.8 Å². The van der Waals surface area contributed by atoms with E-state index in [9.17, 15) is 19.2 Å². The van der Waals surface area contributed by atoms with Gasteiger partial charge in [-0.2, -0.15) is 0 Å². The number of Topliss-reactive ketones (excluding diaryl/α,β-unsaturated/α-hetero) is 1. The molecule has 0 aromatic carbocycles. The van der Waals surface area contributed by atoms with Gasteiger partial charge in [-0.05, 0) is 20.4 Å². The van der Waals surface area contributed by atoms with E-state index >= 15 is 0 Å². The fourth-order valence-corrected chi connectivity index (χ4v) is 2.51. The van der Waals surface area contributed by atoms with Gasteiger partial charge in [0.15, 0.2) is 5.78 Å². The molecule has 23 heavy (non-hydrogen) atoms. The minimum absolute atomic E-state index is 0.0541. The molecule has 0 saturated heterocycles. The zero-order valence-corrected chi connectivity index (χ0v) is 14.7. The summed E-state index contributed by atoms with van der Waals surface area (Å²) >= 11 is 0.927. The summed E-state index contributed by atoms with van der Waals surface area (Å²) in [7, 11) is 4.26. The second-order valence-electron chi connectivity index (χ2n) is 4.74. The Morgan fingerprint density at radius 1 is 1.13 bits per heavy atom. The Bertz CT molecular complexity index is 429. The summed E-state index contributed by atoms with van der Waals surface area (Å²) in [5, 5.41) is 5.16. The monoisotopic (exact) mass is 348 g/mol. The molecule has 0 rings (SSSR count). The lowest BCUT2D eigenvalue weighted by atomic mass is 10.1. The van der Waals surface area contributed by atoms with Crippen molar-refractivity contribution in [2.24, 2.45) is 0 Å². The number of carbonyl (C=O) groups is 4. The molecule has 2 N–H and O–H groups in total. The molecule has 132 valence electrons. The summed E-state index contributed by atoms with van der Waals surface area (Å²) in [6, 6.07) is -1.40. The fraction of sp³-hybridized carbons (Fsp3) is 0.714. The molecule has 1 amide bonds. The van der Waals surface area contributed by atoms with Gasteiger partial charge in [0.25, 0.3) is 0 Å². The molecule has 0 spiro atoms. The van der Waals surface area contributed by atoms with Gasteiger partial charge in [0, 0.05) is 19.3 Å². The third-order valence-corrected chi connectivity index (χ3v) is 3.95. The molecule has 8 nitrogen and oxygen atoms in total. The van der Waals surface area contributed by atoms with Crippen molar-refractivity contribution in [3.63, 3.8) is 0 Å². The smallest absolute Gasteiger partial charge is 0.305 e. The van der Waals surface area contributed by atoms with Gasteiger partial charge in [-0.3, -0.25) is 19.2 Å². The first-order valence-electron chi connectivity index (χ1n) is 7.05. The van der Waals surface area contributed by atoms with E-state index in [-0.39, 0.29) is 36.1 Å². The van der Waals surface area contributed by atoms with Crippen molar-refractivity contribution in [2.45, 2.75) is 31.8 Å². The summed E-state index contributed by atoms with van der Waals surface area (Å²) < 4.78 is 9.23. The van der Waals surface area contributed by atoms with Crippen LogP contribution in [0.2, 0.25) is 0 Å². The number of amides is 1. The normalized spacial score (nSPS) is 13.0. The van der Waals surface area contributed by atoms with Crippen molar-refractivity contribution in [1.29, 1.82) is 0 Å². The highest BCUT2D eigenvalue weighted by Gasteiger charge is 2.24. The SMILES string of the molecule is CN[C@@H](CCC(=O)OC)C(=O)N[C@@H](CSC(=O)COC)C(C)=O. The lowest BCUT2D eigenvalue weighted by Crippen LogP contribution is -2.50. The van der Waals surface area contributed by atoms with E-state index in [4.69, 9.17) is 4.74 Å². The zero-order chi connectivity index (χ0) is 17.8. The fourth-order valence-electron chi connectivity index (χ4n) is 1.64. The van der Waals surface area contributed by atoms with Gasteiger partial charge in [0.2, 0.25) is 11.0 Å². The van der Waals surface area contributed by atoms with Crippen LogP contribution in [-0.2, 0) is 28.7 Å². The third-order valence-electron chi connectivity index (χ3n) is 3.01. The van der Waals surface area contributed by atoms with Crippen LogP contribution < -0.4 is 10.6 Å². The first kappa shape index (κ1) is 21.6. The first-order valence-corrected chi connectivity index (χ1v) is 8.03. The second kappa shape index (κ2) is 12.0. The van der Waals surface area contributed by atoms with Crippen molar-refractivity contribution >= 4 is 34.5 Å². The first-order chi connectivity index (χ1) is 10.8. The van der Waals surface area contributed by atoms with E-state index < -0.39 is 24.0 Å². The molecule has 0 bridgehead atoms. The molecule has 0 heterocycles. The van der Waals surface area contributed by atoms with Crippen LogP contribution in [0.5, 0.6) is 0 Å².